The molecule has 0 spiro atoms. The van der Waals surface area contributed by atoms with Gasteiger partial charge in [-0.15, -0.1) is 0 Å². The minimum atomic E-state index is 0.226. The smallest absolute Gasteiger partial charge is 0.0510 e. The molecule has 2 aliphatic rings. The van der Waals surface area contributed by atoms with E-state index in [1.165, 1.54) is 73.8 Å². The van der Waals surface area contributed by atoms with Gasteiger partial charge in [0.1, 0.15) is 0 Å². The Morgan fingerprint density at radius 2 is 1.75 bits per heavy atom. The molecule has 1 aromatic rings. The molecule has 0 radical (unpaired) electrons. The van der Waals surface area contributed by atoms with Crippen LogP contribution in [-0.2, 0) is 5.41 Å². The molecule has 2 N–H and O–H groups in total. The summed E-state index contributed by atoms with van der Waals surface area (Å²) in [6.45, 7) is 3.17. The van der Waals surface area contributed by atoms with E-state index in [-0.39, 0.29) is 5.41 Å². The second-order valence-electron chi connectivity index (χ2n) is 6.41. The Kier molecular flexibility index (Phi) is 4.37. The summed E-state index contributed by atoms with van der Waals surface area (Å²) in [6, 6.07) is 6.97. The summed E-state index contributed by atoms with van der Waals surface area (Å²) < 4.78 is 1.25. The highest BCUT2D eigenvalue weighted by Crippen LogP contribution is 2.41. The van der Waals surface area contributed by atoms with Gasteiger partial charge in [0.15, 0.2) is 0 Å². The highest BCUT2D eigenvalue weighted by Gasteiger charge is 2.33. The first kappa shape index (κ1) is 14.4. The lowest BCUT2D eigenvalue weighted by Gasteiger charge is -2.37. The van der Waals surface area contributed by atoms with Crippen LogP contribution in [0.5, 0.6) is 0 Å². The fourth-order valence-corrected chi connectivity index (χ4v) is 4.52. The van der Waals surface area contributed by atoms with E-state index < -0.39 is 0 Å². The first-order chi connectivity index (χ1) is 9.75. The van der Waals surface area contributed by atoms with E-state index in [2.05, 4.69) is 39.0 Å². The van der Waals surface area contributed by atoms with Crippen molar-refractivity contribution in [2.45, 2.75) is 50.4 Å². The summed E-state index contributed by atoms with van der Waals surface area (Å²) in [7, 11) is 0. The lowest BCUT2D eigenvalue weighted by molar-refractivity contribution is 0.301. The molecule has 110 valence electrons. The van der Waals surface area contributed by atoms with Crippen molar-refractivity contribution in [1.29, 1.82) is 0 Å². The minimum absolute atomic E-state index is 0.226. The molecule has 3 heteroatoms. The SMILES string of the molecule is NCC1(c2ccc(N3CCCC3)c(Br)c2)CCCCC1. The van der Waals surface area contributed by atoms with Crippen LogP contribution in [-0.4, -0.2) is 19.6 Å². The molecule has 1 saturated heterocycles. The van der Waals surface area contributed by atoms with Gasteiger partial charge >= 0.3 is 0 Å². The fraction of sp³-hybridized carbons (Fsp3) is 0.647. The van der Waals surface area contributed by atoms with Crippen LogP contribution in [0.4, 0.5) is 5.69 Å². The van der Waals surface area contributed by atoms with Gasteiger partial charge in [0.05, 0.1) is 5.69 Å². The third-order valence-corrected chi connectivity index (χ3v) is 5.84. The zero-order valence-corrected chi connectivity index (χ0v) is 13.8. The van der Waals surface area contributed by atoms with Crippen molar-refractivity contribution in [2.24, 2.45) is 5.73 Å². The Labute approximate surface area is 130 Å². The van der Waals surface area contributed by atoms with Crippen LogP contribution in [0, 0.1) is 0 Å². The molecule has 1 saturated carbocycles. The minimum Gasteiger partial charge on any atom is -0.371 e. The van der Waals surface area contributed by atoms with E-state index in [1.54, 1.807) is 0 Å². The van der Waals surface area contributed by atoms with Gasteiger partial charge in [-0.3, -0.25) is 0 Å². The van der Waals surface area contributed by atoms with Gasteiger partial charge in [-0.25, -0.2) is 0 Å². The van der Waals surface area contributed by atoms with Crippen LogP contribution in [0.25, 0.3) is 0 Å². The summed E-state index contributed by atoms with van der Waals surface area (Å²) in [4.78, 5) is 2.49. The number of nitrogens with two attached hydrogens (primary N) is 1. The first-order valence-electron chi connectivity index (χ1n) is 8.00. The summed E-state index contributed by atoms with van der Waals surface area (Å²) in [5.41, 5.74) is 9.18. The molecule has 1 aromatic carbocycles. The number of hydrogen-bond donors (Lipinski definition) is 1. The molecule has 3 rings (SSSR count). The Morgan fingerprint density at radius 3 is 2.35 bits per heavy atom. The van der Waals surface area contributed by atoms with Crippen LogP contribution in [0.1, 0.15) is 50.5 Å². The van der Waals surface area contributed by atoms with Crippen LogP contribution >= 0.6 is 15.9 Å². The van der Waals surface area contributed by atoms with Gasteiger partial charge in [0.2, 0.25) is 0 Å². The zero-order chi connectivity index (χ0) is 14.0. The maximum atomic E-state index is 6.15. The highest BCUT2D eigenvalue weighted by molar-refractivity contribution is 9.10. The normalized spacial score (nSPS) is 22.2. The highest BCUT2D eigenvalue weighted by atomic mass is 79.9. The molecule has 2 nitrogen and oxygen atoms in total. The van der Waals surface area contributed by atoms with Crippen molar-refractivity contribution in [3.8, 4) is 0 Å². The van der Waals surface area contributed by atoms with Crippen molar-refractivity contribution >= 4 is 21.6 Å². The second-order valence-corrected chi connectivity index (χ2v) is 7.26. The lowest BCUT2D eigenvalue weighted by atomic mass is 9.69. The van der Waals surface area contributed by atoms with Gasteiger partial charge in [0, 0.05) is 29.5 Å². The fourth-order valence-electron chi connectivity index (χ4n) is 3.89. The van der Waals surface area contributed by atoms with Crippen molar-refractivity contribution in [2.75, 3.05) is 24.5 Å². The maximum absolute atomic E-state index is 6.15. The Balaban J connectivity index is 1.88. The standard InChI is InChI=1S/C17H25BrN2/c18-15-12-14(17(13-19)8-2-1-3-9-17)6-7-16(15)20-10-4-5-11-20/h6-7,12H,1-5,8-11,13,19H2. The van der Waals surface area contributed by atoms with Gasteiger partial charge in [0.25, 0.3) is 0 Å². The summed E-state index contributed by atoms with van der Waals surface area (Å²) >= 11 is 3.79. The molecule has 0 unspecified atom stereocenters. The van der Waals surface area contributed by atoms with Crippen LogP contribution < -0.4 is 10.6 Å². The third kappa shape index (κ3) is 2.62. The van der Waals surface area contributed by atoms with Crippen LogP contribution in [0.3, 0.4) is 0 Å². The molecular weight excluding hydrogens is 312 g/mol. The number of anilines is 1. The maximum Gasteiger partial charge on any atom is 0.0510 e. The molecule has 2 fully saturated rings. The van der Waals surface area contributed by atoms with Crippen LogP contribution in [0.15, 0.2) is 22.7 Å². The van der Waals surface area contributed by atoms with Crippen molar-refractivity contribution in [3.63, 3.8) is 0 Å². The second kappa shape index (κ2) is 6.07. The van der Waals surface area contributed by atoms with E-state index >= 15 is 0 Å². The van der Waals surface area contributed by atoms with Gasteiger partial charge in [-0.1, -0.05) is 25.3 Å². The topological polar surface area (TPSA) is 29.3 Å². The number of rotatable bonds is 3. The number of benzene rings is 1. The molecule has 0 atom stereocenters. The Morgan fingerprint density at radius 1 is 1.05 bits per heavy atom. The largest absolute Gasteiger partial charge is 0.371 e. The molecule has 1 heterocycles. The van der Waals surface area contributed by atoms with Crippen LogP contribution in [0.2, 0.25) is 0 Å². The van der Waals surface area contributed by atoms with Gasteiger partial charge in [-0.05, 0) is 59.3 Å². The van der Waals surface area contributed by atoms with Crippen molar-refractivity contribution < 1.29 is 0 Å². The lowest BCUT2D eigenvalue weighted by Crippen LogP contribution is -2.37. The first-order valence-corrected chi connectivity index (χ1v) is 8.79. The van der Waals surface area contributed by atoms with Crippen molar-refractivity contribution in [1.82, 2.24) is 0 Å². The summed E-state index contributed by atoms with van der Waals surface area (Å²) in [5.74, 6) is 0. The molecule has 1 aliphatic heterocycles. The zero-order valence-electron chi connectivity index (χ0n) is 12.2. The Bertz CT molecular complexity index is 460. The van der Waals surface area contributed by atoms with E-state index in [0.717, 1.165) is 6.54 Å². The molecule has 0 aromatic heterocycles. The van der Waals surface area contributed by atoms with E-state index in [4.69, 9.17) is 5.73 Å². The third-order valence-electron chi connectivity index (χ3n) is 5.21. The van der Waals surface area contributed by atoms with E-state index in [9.17, 15) is 0 Å². The average molecular weight is 337 g/mol. The quantitative estimate of drug-likeness (QED) is 0.895. The number of halogens is 1. The summed E-state index contributed by atoms with van der Waals surface area (Å²) in [6.07, 6.45) is 9.15. The predicted octanol–water partition coefficient (Wildman–Crippen LogP) is 4.21. The monoisotopic (exact) mass is 336 g/mol. The number of hydrogen-bond acceptors (Lipinski definition) is 2. The van der Waals surface area contributed by atoms with E-state index in [1.807, 2.05) is 0 Å². The van der Waals surface area contributed by atoms with E-state index in [0.29, 0.717) is 0 Å². The molecule has 1 aliphatic carbocycles. The van der Waals surface area contributed by atoms with Gasteiger partial charge in [-0.2, -0.15) is 0 Å². The molecular formula is C17H25BrN2. The summed E-state index contributed by atoms with van der Waals surface area (Å²) in [5, 5.41) is 0. The average Bonchev–Trinajstić information content (AvgIpc) is 3.02. The molecule has 0 amide bonds. The molecule has 20 heavy (non-hydrogen) atoms. The molecule has 0 bridgehead atoms. The van der Waals surface area contributed by atoms with Crippen molar-refractivity contribution in [3.05, 3.63) is 28.2 Å². The Hall–Kier alpha value is -0.540. The predicted molar refractivity (Wildman–Crippen MR) is 89.4 cm³/mol. The van der Waals surface area contributed by atoms with Gasteiger partial charge < -0.3 is 10.6 Å². The number of nitrogens with zero attached hydrogens (tertiary/aromatic N) is 1.